The van der Waals surface area contributed by atoms with Crippen LogP contribution in [0.15, 0.2) is 0 Å². The highest BCUT2D eigenvalue weighted by atomic mass is 32.2. The molecule has 0 radical (unpaired) electrons. The van der Waals surface area contributed by atoms with Crippen molar-refractivity contribution in [1.29, 1.82) is 0 Å². The second-order valence-electron chi connectivity index (χ2n) is 3.48. The van der Waals surface area contributed by atoms with E-state index in [-0.39, 0.29) is 6.03 Å². The Hall–Kier alpha value is -0.820. The van der Waals surface area contributed by atoms with Gasteiger partial charge in [0.15, 0.2) is 0 Å². The Morgan fingerprint density at radius 2 is 1.80 bits per heavy atom. The largest absolute Gasteiger partial charge is 0.338 e. The summed E-state index contributed by atoms with van der Waals surface area (Å²) in [5, 5.41) is 2.69. The first-order valence-corrected chi connectivity index (χ1v) is 6.78. The number of hydrogen-bond donors (Lipinski definition) is 1. The average molecular weight is 235 g/mol. The van der Waals surface area contributed by atoms with Crippen molar-refractivity contribution in [1.82, 2.24) is 14.5 Å². The van der Waals surface area contributed by atoms with Gasteiger partial charge in [0.2, 0.25) is 10.0 Å². The number of carbonyl (C=O) groups excluding carboxylic acids is 1. The summed E-state index contributed by atoms with van der Waals surface area (Å²) in [5.41, 5.74) is 0. The molecule has 0 atom stereocenters. The van der Waals surface area contributed by atoms with E-state index in [1.54, 1.807) is 4.90 Å². The molecule has 88 valence electrons. The number of nitrogens with one attached hydrogen (secondary N) is 1. The van der Waals surface area contributed by atoms with Gasteiger partial charge in [0.05, 0.1) is 6.26 Å². The van der Waals surface area contributed by atoms with Crippen molar-refractivity contribution in [3.8, 4) is 0 Å². The molecule has 1 heterocycles. The predicted octanol–water partition coefficient (Wildman–Crippen LogP) is -0.707. The second-order valence-corrected chi connectivity index (χ2v) is 5.47. The molecule has 0 aromatic heterocycles. The molecule has 1 aliphatic rings. The lowest BCUT2D eigenvalue weighted by Crippen LogP contribution is -2.52. The molecule has 0 spiro atoms. The van der Waals surface area contributed by atoms with Crippen LogP contribution in [0.25, 0.3) is 0 Å². The number of nitrogens with zero attached hydrogens (tertiary/aromatic N) is 2. The third-order valence-electron chi connectivity index (χ3n) is 2.32. The van der Waals surface area contributed by atoms with Gasteiger partial charge in [0.1, 0.15) is 0 Å². The molecule has 7 heteroatoms. The first kappa shape index (κ1) is 12.3. The van der Waals surface area contributed by atoms with Crippen molar-refractivity contribution in [2.75, 3.05) is 39.0 Å². The minimum atomic E-state index is -3.11. The fourth-order valence-electron chi connectivity index (χ4n) is 1.49. The lowest BCUT2D eigenvalue weighted by molar-refractivity contribution is 0.173. The third kappa shape index (κ3) is 3.35. The Labute approximate surface area is 90.3 Å². The van der Waals surface area contributed by atoms with E-state index in [4.69, 9.17) is 0 Å². The summed E-state index contributed by atoms with van der Waals surface area (Å²) in [6.07, 6.45) is 1.19. The molecule has 0 bridgehead atoms. The van der Waals surface area contributed by atoms with Gasteiger partial charge in [-0.25, -0.2) is 13.2 Å². The standard InChI is InChI=1S/C8H17N3O3S/c1-3-9-8(12)10-4-6-11(7-5-10)15(2,13)14/h3-7H2,1-2H3,(H,9,12). The summed E-state index contributed by atoms with van der Waals surface area (Å²) < 4.78 is 23.8. The number of urea groups is 1. The molecule has 6 nitrogen and oxygen atoms in total. The zero-order chi connectivity index (χ0) is 11.5. The summed E-state index contributed by atoms with van der Waals surface area (Å²) in [7, 11) is -3.11. The molecule has 1 aliphatic heterocycles. The van der Waals surface area contributed by atoms with E-state index in [9.17, 15) is 13.2 Å². The summed E-state index contributed by atoms with van der Waals surface area (Å²) in [6, 6.07) is -0.120. The van der Waals surface area contributed by atoms with Gasteiger partial charge in [0, 0.05) is 32.7 Å². The van der Waals surface area contributed by atoms with Gasteiger partial charge in [-0.3, -0.25) is 0 Å². The van der Waals surface area contributed by atoms with Crippen molar-refractivity contribution in [3.63, 3.8) is 0 Å². The molecular weight excluding hydrogens is 218 g/mol. The van der Waals surface area contributed by atoms with E-state index in [0.717, 1.165) is 0 Å². The fraction of sp³-hybridized carbons (Fsp3) is 0.875. The Morgan fingerprint density at radius 3 is 2.20 bits per heavy atom. The van der Waals surface area contributed by atoms with Gasteiger partial charge in [-0.2, -0.15) is 4.31 Å². The molecule has 1 saturated heterocycles. The van der Waals surface area contributed by atoms with Crippen LogP contribution < -0.4 is 5.32 Å². The van der Waals surface area contributed by atoms with Crippen molar-refractivity contribution in [2.45, 2.75) is 6.92 Å². The van der Waals surface area contributed by atoms with Gasteiger partial charge >= 0.3 is 6.03 Å². The maximum Gasteiger partial charge on any atom is 0.317 e. The van der Waals surface area contributed by atoms with Gasteiger partial charge in [-0.15, -0.1) is 0 Å². The highest BCUT2D eigenvalue weighted by molar-refractivity contribution is 7.88. The predicted molar refractivity (Wildman–Crippen MR) is 57.1 cm³/mol. The molecule has 1 rings (SSSR count). The number of sulfonamides is 1. The summed E-state index contributed by atoms with van der Waals surface area (Å²) in [4.78, 5) is 13.0. The number of rotatable bonds is 2. The van der Waals surface area contributed by atoms with Crippen molar-refractivity contribution >= 4 is 16.1 Å². The highest BCUT2D eigenvalue weighted by Crippen LogP contribution is 2.05. The summed E-state index contributed by atoms with van der Waals surface area (Å²) in [6.45, 7) is 4.12. The molecule has 0 saturated carbocycles. The first-order valence-electron chi connectivity index (χ1n) is 4.93. The van der Waals surface area contributed by atoms with Crippen LogP contribution in [0.2, 0.25) is 0 Å². The molecule has 2 amide bonds. The molecule has 1 N–H and O–H groups in total. The topological polar surface area (TPSA) is 69.7 Å². The van der Waals surface area contributed by atoms with E-state index in [1.807, 2.05) is 6.92 Å². The van der Waals surface area contributed by atoms with Crippen LogP contribution in [0.4, 0.5) is 4.79 Å². The first-order chi connectivity index (χ1) is 6.95. The Balaban J connectivity index is 2.46. The van der Waals surface area contributed by atoms with Crippen LogP contribution in [-0.2, 0) is 10.0 Å². The van der Waals surface area contributed by atoms with Crippen LogP contribution in [-0.4, -0.2) is 62.6 Å². The molecule has 0 aromatic rings. The molecule has 0 unspecified atom stereocenters. The van der Waals surface area contributed by atoms with Crippen LogP contribution >= 0.6 is 0 Å². The average Bonchev–Trinajstić information content (AvgIpc) is 2.17. The number of carbonyl (C=O) groups is 1. The summed E-state index contributed by atoms with van der Waals surface area (Å²) in [5.74, 6) is 0. The lowest BCUT2D eigenvalue weighted by atomic mass is 10.4. The Bertz CT molecular complexity index is 320. The van der Waals surface area contributed by atoms with E-state index in [0.29, 0.717) is 32.7 Å². The molecule has 15 heavy (non-hydrogen) atoms. The van der Waals surface area contributed by atoms with Crippen molar-refractivity contribution in [2.24, 2.45) is 0 Å². The number of piperazine rings is 1. The van der Waals surface area contributed by atoms with Crippen molar-refractivity contribution < 1.29 is 13.2 Å². The quantitative estimate of drug-likeness (QED) is 0.687. The number of hydrogen-bond acceptors (Lipinski definition) is 3. The Kier molecular flexibility index (Phi) is 3.92. The van der Waals surface area contributed by atoms with Gasteiger partial charge in [0.25, 0.3) is 0 Å². The minimum Gasteiger partial charge on any atom is -0.338 e. The van der Waals surface area contributed by atoms with Gasteiger partial charge in [-0.05, 0) is 6.92 Å². The molecule has 0 aliphatic carbocycles. The zero-order valence-electron chi connectivity index (χ0n) is 9.06. The highest BCUT2D eigenvalue weighted by Gasteiger charge is 2.25. The maximum absolute atomic E-state index is 11.4. The second kappa shape index (κ2) is 4.80. The lowest BCUT2D eigenvalue weighted by Gasteiger charge is -2.33. The van der Waals surface area contributed by atoms with E-state index in [1.165, 1.54) is 10.6 Å². The summed E-state index contributed by atoms with van der Waals surface area (Å²) >= 11 is 0. The molecular formula is C8H17N3O3S. The Morgan fingerprint density at radius 1 is 1.27 bits per heavy atom. The normalized spacial score (nSPS) is 18.9. The molecule has 1 fully saturated rings. The monoisotopic (exact) mass is 235 g/mol. The van der Waals surface area contributed by atoms with E-state index in [2.05, 4.69) is 5.32 Å². The number of amides is 2. The third-order valence-corrected chi connectivity index (χ3v) is 3.63. The minimum absolute atomic E-state index is 0.120. The SMILES string of the molecule is CCNC(=O)N1CCN(S(C)(=O)=O)CC1. The van der Waals surface area contributed by atoms with Crippen LogP contribution in [0.5, 0.6) is 0 Å². The van der Waals surface area contributed by atoms with Crippen LogP contribution in [0.3, 0.4) is 0 Å². The van der Waals surface area contributed by atoms with Gasteiger partial charge < -0.3 is 10.2 Å². The fourth-order valence-corrected chi connectivity index (χ4v) is 2.31. The maximum atomic E-state index is 11.4. The van der Waals surface area contributed by atoms with E-state index >= 15 is 0 Å². The van der Waals surface area contributed by atoms with Crippen LogP contribution in [0, 0.1) is 0 Å². The zero-order valence-corrected chi connectivity index (χ0v) is 9.88. The molecule has 0 aromatic carbocycles. The smallest absolute Gasteiger partial charge is 0.317 e. The van der Waals surface area contributed by atoms with Crippen LogP contribution in [0.1, 0.15) is 6.92 Å². The van der Waals surface area contributed by atoms with Gasteiger partial charge in [-0.1, -0.05) is 0 Å². The van der Waals surface area contributed by atoms with E-state index < -0.39 is 10.0 Å². The van der Waals surface area contributed by atoms with Crippen molar-refractivity contribution in [3.05, 3.63) is 0 Å².